The van der Waals surface area contributed by atoms with Crippen LogP contribution in [0.2, 0.25) is 5.02 Å². The Bertz CT molecular complexity index is 1490. The highest BCUT2D eigenvalue weighted by atomic mass is 35.5. The second-order valence-corrected chi connectivity index (χ2v) is 13.9. The molecule has 4 amide bonds. The number of anilines is 1. The summed E-state index contributed by atoms with van der Waals surface area (Å²) < 4.78 is 46.8. The Labute approximate surface area is 285 Å². The van der Waals surface area contributed by atoms with E-state index in [9.17, 15) is 32.7 Å². The molecule has 4 aliphatic heterocycles. The molecule has 6 rings (SSSR count). The molecule has 0 unspecified atom stereocenters. The van der Waals surface area contributed by atoms with E-state index in [4.69, 9.17) is 16.3 Å². The minimum atomic E-state index is -4.88. The zero-order chi connectivity index (χ0) is 34.0. The van der Waals surface area contributed by atoms with Crippen molar-refractivity contribution in [3.8, 4) is 5.75 Å². The van der Waals surface area contributed by atoms with Gasteiger partial charge in [0.2, 0.25) is 0 Å². The zero-order valence-corrected chi connectivity index (χ0v) is 28.0. The second-order valence-electron chi connectivity index (χ2n) is 12.8. The molecule has 0 aliphatic carbocycles. The standard InChI is InChI=1S/C32H40ClF3N6O5S/c33-25-16-20(15-24(28(25)43)32(34,35)36)17-27(29(44)40-13-11-39(12-14-40)22-1-6-37-7-2-22)47-31(46)41-8-4-23(5-9-41)42-10-3-21-18-48-19-26(21)38-30(42)45/h15-16,18-19,22-23,27,37,43H,1-14,17H2,(H,38,45)/t27-/m1/s1. The number of alkyl halides is 3. The summed E-state index contributed by atoms with van der Waals surface area (Å²) in [5.74, 6) is -1.59. The molecular formula is C32H40ClF3N6O5S. The smallest absolute Gasteiger partial charge is 0.420 e. The average molecular weight is 713 g/mol. The Morgan fingerprint density at radius 1 is 0.979 bits per heavy atom. The lowest BCUT2D eigenvalue weighted by Gasteiger charge is -2.41. The number of nitrogens with zero attached hydrogens (tertiary/aromatic N) is 4. The van der Waals surface area contributed by atoms with Crippen LogP contribution in [-0.2, 0) is 28.5 Å². The van der Waals surface area contributed by atoms with Gasteiger partial charge in [-0.25, -0.2) is 9.59 Å². The summed E-state index contributed by atoms with van der Waals surface area (Å²) in [5, 5.41) is 19.7. The molecule has 0 bridgehead atoms. The van der Waals surface area contributed by atoms with Crippen molar-refractivity contribution in [1.82, 2.24) is 24.9 Å². The van der Waals surface area contributed by atoms with Crippen LogP contribution in [0.1, 0.15) is 42.4 Å². The number of fused-ring (bicyclic) bond motifs is 1. The highest BCUT2D eigenvalue weighted by Gasteiger charge is 2.38. The van der Waals surface area contributed by atoms with Crippen LogP contribution in [-0.4, -0.2) is 120 Å². The number of ether oxygens (including phenoxy) is 1. The summed E-state index contributed by atoms with van der Waals surface area (Å²) in [4.78, 5) is 47.6. The first kappa shape index (κ1) is 34.6. The van der Waals surface area contributed by atoms with Crippen molar-refractivity contribution >= 4 is 46.7 Å². The van der Waals surface area contributed by atoms with Gasteiger partial charge in [-0.15, -0.1) is 11.3 Å². The lowest BCUT2D eigenvalue weighted by molar-refractivity contribution is -0.143. The maximum absolute atomic E-state index is 13.9. The first-order valence-corrected chi connectivity index (χ1v) is 17.7. The van der Waals surface area contributed by atoms with E-state index in [-0.39, 0.29) is 37.1 Å². The Morgan fingerprint density at radius 3 is 2.38 bits per heavy atom. The number of piperidine rings is 2. The van der Waals surface area contributed by atoms with Crippen molar-refractivity contribution in [1.29, 1.82) is 0 Å². The van der Waals surface area contributed by atoms with Gasteiger partial charge in [0.25, 0.3) is 5.91 Å². The van der Waals surface area contributed by atoms with Gasteiger partial charge in [-0.05, 0) is 73.8 Å². The molecule has 2 aromatic rings. The third-order valence-electron chi connectivity index (χ3n) is 9.85. The molecule has 3 fully saturated rings. The van der Waals surface area contributed by atoms with Crippen molar-refractivity contribution in [2.45, 2.75) is 62.9 Å². The molecule has 1 atom stereocenters. The number of benzene rings is 1. The number of phenols is 1. The van der Waals surface area contributed by atoms with Crippen molar-refractivity contribution < 1.29 is 37.4 Å². The van der Waals surface area contributed by atoms with Gasteiger partial charge in [0.05, 0.1) is 16.3 Å². The van der Waals surface area contributed by atoms with Crippen molar-refractivity contribution in [3.63, 3.8) is 0 Å². The molecule has 11 nitrogen and oxygen atoms in total. The SMILES string of the molecule is O=C(O[C@H](Cc1cc(Cl)c(O)c(C(F)(F)F)c1)C(=O)N1CCN(C2CCNCC2)CC1)N1CCC(N2CCc3cscc3NC2=O)CC1. The lowest BCUT2D eigenvalue weighted by Crippen LogP contribution is -2.56. The van der Waals surface area contributed by atoms with E-state index in [1.54, 1.807) is 21.1 Å². The molecule has 3 saturated heterocycles. The fourth-order valence-electron chi connectivity index (χ4n) is 7.13. The maximum atomic E-state index is 13.9. The van der Waals surface area contributed by atoms with Crippen molar-refractivity contribution in [2.75, 3.05) is 64.2 Å². The van der Waals surface area contributed by atoms with Crippen molar-refractivity contribution in [3.05, 3.63) is 44.6 Å². The van der Waals surface area contributed by atoms with Crippen LogP contribution in [0.3, 0.4) is 0 Å². The van der Waals surface area contributed by atoms with Gasteiger partial charge < -0.3 is 35.2 Å². The number of carbonyl (C=O) groups excluding carboxylic acids is 3. The Kier molecular flexibility index (Phi) is 10.6. The first-order chi connectivity index (χ1) is 23.0. The molecule has 16 heteroatoms. The molecule has 4 aliphatic rings. The number of piperazine rings is 1. The third kappa shape index (κ3) is 7.79. The van der Waals surface area contributed by atoms with E-state index in [1.807, 2.05) is 10.8 Å². The number of hydrogen-bond acceptors (Lipinski definition) is 8. The Hall–Kier alpha value is -3.27. The minimum absolute atomic E-state index is 0.00361. The number of phenolic OH excluding ortho intramolecular Hbond substituents is 1. The zero-order valence-electron chi connectivity index (χ0n) is 26.4. The Balaban J connectivity index is 1.12. The predicted octanol–water partition coefficient (Wildman–Crippen LogP) is 4.62. The summed E-state index contributed by atoms with van der Waals surface area (Å²) in [6.45, 7) is 5.09. The summed E-state index contributed by atoms with van der Waals surface area (Å²) in [5.41, 5.74) is 0.600. The van der Waals surface area contributed by atoms with Crippen LogP contribution >= 0.6 is 22.9 Å². The monoisotopic (exact) mass is 712 g/mol. The molecule has 5 heterocycles. The molecule has 48 heavy (non-hydrogen) atoms. The number of hydrogen-bond donors (Lipinski definition) is 3. The van der Waals surface area contributed by atoms with E-state index in [1.165, 1.54) is 4.90 Å². The first-order valence-electron chi connectivity index (χ1n) is 16.4. The van der Waals surface area contributed by atoms with Crippen molar-refractivity contribution in [2.24, 2.45) is 0 Å². The molecule has 1 aromatic carbocycles. The minimum Gasteiger partial charge on any atom is -0.506 e. The summed E-state index contributed by atoms with van der Waals surface area (Å²) >= 11 is 7.51. The number of carbonyl (C=O) groups is 3. The number of nitrogens with one attached hydrogen (secondary N) is 2. The van der Waals surface area contributed by atoms with E-state index >= 15 is 0 Å². The quantitative estimate of drug-likeness (QED) is 0.400. The average Bonchev–Trinajstić information content (AvgIpc) is 3.45. The number of aromatic hydroxyl groups is 1. The number of halogens is 4. The van der Waals surface area contributed by atoms with E-state index in [2.05, 4.69) is 15.5 Å². The fourth-order valence-corrected chi connectivity index (χ4v) is 8.19. The number of thiophene rings is 1. The van der Waals surface area contributed by atoms with Gasteiger partial charge in [0, 0.05) is 69.7 Å². The molecule has 0 radical (unpaired) electrons. The van der Waals surface area contributed by atoms with Gasteiger partial charge in [-0.1, -0.05) is 11.6 Å². The molecule has 0 saturated carbocycles. The lowest BCUT2D eigenvalue weighted by atomic mass is 10.0. The van der Waals surface area contributed by atoms with E-state index < -0.39 is 40.6 Å². The topological polar surface area (TPSA) is 118 Å². The van der Waals surface area contributed by atoms with Gasteiger partial charge in [-0.3, -0.25) is 9.69 Å². The highest BCUT2D eigenvalue weighted by Crippen LogP contribution is 2.40. The molecule has 1 aromatic heterocycles. The Morgan fingerprint density at radius 2 is 1.69 bits per heavy atom. The third-order valence-corrected chi connectivity index (χ3v) is 10.9. The predicted molar refractivity (Wildman–Crippen MR) is 174 cm³/mol. The van der Waals surface area contributed by atoms with Crippen LogP contribution in [0.15, 0.2) is 22.9 Å². The maximum Gasteiger partial charge on any atom is 0.420 e. The highest BCUT2D eigenvalue weighted by molar-refractivity contribution is 7.08. The number of rotatable bonds is 6. The number of likely N-dealkylation sites (tertiary alicyclic amines) is 1. The molecule has 262 valence electrons. The van der Waals surface area contributed by atoms with Gasteiger partial charge >= 0.3 is 18.3 Å². The van der Waals surface area contributed by atoms with Gasteiger partial charge in [0.15, 0.2) is 6.10 Å². The van der Waals surface area contributed by atoms with Crippen LogP contribution in [0.4, 0.5) is 28.4 Å². The summed E-state index contributed by atoms with van der Waals surface area (Å²) in [6.07, 6.45) is -3.60. The number of urea groups is 1. The van der Waals surface area contributed by atoms with Crippen LogP contribution in [0, 0.1) is 0 Å². The fraction of sp³-hybridized carbons (Fsp3) is 0.594. The van der Waals surface area contributed by atoms with Gasteiger partial charge in [-0.2, -0.15) is 13.2 Å². The second kappa shape index (κ2) is 14.7. The molecule has 3 N–H and O–H groups in total. The summed E-state index contributed by atoms with van der Waals surface area (Å²) in [6, 6.07) is 2.06. The molecule has 0 spiro atoms. The normalized spacial score (nSPS) is 21.0. The molecular weight excluding hydrogens is 673 g/mol. The number of amides is 4. The van der Waals surface area contributed by atoms with Crippen LogP contribution in [0.25, 0.3) is 0 Å². The summed E-state index contributed by atoms with van der Waals surface area (Å²) in [7, 11) is 0. The van der Waals surface area contributed by atoms with Crippen LogP contribution < -0.4 is 10.6 Å². The van der Waals surface area contributed by atoms with E-state index in [0.29, 0.717) is 51.6 Å². The van der Waals surface area contributed by atoms with E-state index in [0.717, 1.165) is 55.7 Å². The van der Waals surface area contributed by atoms with Gasteiger partial charge in [0.1, 0.15) is 5.75 Å². The van der Waals surface area contributed by atoms with Crippen LogP contribution in [0.5, 0.6) is 5.75 Å². The largest absolute Gasteiger partial charge is 0.506 e.